The molecular weight excluding hydrogens is 212 g/mol. The monoisotopic (exact) mass is 228 g/mol. The predicted molar refractivity (Wildman–Crippen MR) is 69.7 cm³/mol. The third-order valence-electron chi connectivity index (χ3n) is 2.72. The lowest BCUT2D eigenvalue weighted by molar-refractivity contribution is 1.02. The average Bonchev–Trinajstić information content (AvgIpc) is 2.31. The fourth-order valence-electron chi connectivity index (χ4n) is 1.60. The summed E-state index contributed by atoms with van der Waals surface area (Å²) in [5.41, 5.74) is 9.89. The molecule has 2 aromatic rings. The summed E-state index contributed by atoms with van der Waals surface area (Å²) in [4.78, 5) is 8.44. The number of aromatic nitrogens is 2. The fourth-order valence-corrected chi connectivity index (χ4v) is 1.60. The van der Waals surface area contributed by atoms with Crippen LogP contribution in [0.1, 0.15) is 16.8 Å². The topological polar surface area (TPSA) is 63.8 Å². The Hall–Kier alpha value is -2.10. The molecule has 3 N–H and O–H groups in total. The lowest BCUT2D eigenvalue weighted by atomic mass is 10.1. The quantitative estimate of drug-likeness (QED) is 0.791. The lowest BCUT2D eigenvalue weighted by Crippen LogP contribution is -2.06. The summed E-state index contributed by atoms with van der Waals surface area (Å²) >= 11 is 0. The molecule has 88 valence electrons. The first-order chi connectivity index (χ1) is 8.16. The van der Waals surface area contributed by atoms with Crippen LogP contribution in [0.25, 0.3) is 0 Å². The van der Waals surface area contributed by atoms with E-state index in [1.165, 1.54) is 0 Å². The van der Waals surface area contributed by atoms with Gasteiger partial charge in [0.15, 0.2) is 0 Å². The maximum Gasteiger partial charge on any atom is 0.223 e. The normalized spacial score (nSPS) is 10.2. The van der Waals surface area contributed by atoms with Crippen LogP contribution < -0.4 is 11.1 Å². The highest BCUT2D eigenvalue weighted by Crippen LogP contribution is 2.16. The molecule has 0 fully saturated rings. The standard InChI is InChI=1S/C13H16N4/c1-9-6-7-15-13(17-9)16-8-11-4-3-5-12(14)10(11)2/h3-7H,8,14H2,1-2H3,(H,15,16,17). The molecule has 0 aliphatic rings. The third-order valence-corrected chi connectivity index (χ3v) is 2.72. The van der Waals surface area contributed by atoms with Crippen LogP contribution in [0, 0.1) is 13.8 Å². The molecule has 17 heavy (non-hydrogen) atoms. The van der Waals surface area contributed by atoms with Gasteiger partial charge in [-0.25, -0.2) is 9.97 Å². The van der Waals surface area contributed by atoms with E-state index in [1.807, 2.05) is 32.0 Å². The van der Waals surface area contributed by atoms with Crippen LogP contribution in [0.2, 0.25) is 0 Å². The largest absolute Gasteiger partial charge is 0.399 e. The highest BCUT2D eigenvalue weighted by molar-refractivity contribution is 5.50. The van der Waals surface area contributed by atoms with Gasteiger partial charge in [-0.3, -0.25) is 0 Å². The highest BCUT2D eigenvalue weighted by Gasteiger charge is 2.02. The Morgan fingerprint density at radius 2 is 2.06 bits per heavy atom. The first-order valence-corrected chi connectivity index (χ1v) is 5.54. The van der Waals surface area contributed by atoms with Crippen molar-refractivity contribution in [3.8, 4) is 0 Å². The smallest absolute Gasteiger partial charge is 0.223 e. The summed E-state index contributed by atoms with van der Waals surface area (Å²) in [5.74, 6) is 0.645. The number of nitrogens with one attached hydrogen (secondary N) is 1. The number of rotatable bonds is 3. The average molecular weight is 228 g/mol. The van der Waals surface area contributed by atoms with Gasteiger partial charge in [0.1, 0.15) is 0 Å². The Bertz CT molecular complexity index is 523. The summed E-state index contributed by atoms with van der Waals surface area (Å²) in [6.07, 6.45) is 1.75. The van der Waals surface area contributed by atoms with Crippen LogP contribution in [-0.2, 0) is 6.54 Å². The molecule has 4 nitrogen and oxygen atoms in total. The second-order valence-corrected chi connectivity index (χ2v) is 4.01. The van der Waals surface area contributed by atoms with Crippen LogP contribution in [0.3, 0.4) is 0 Å². The van der Waals surface area contributed by atoms with E-state index in [1.54, 1.807) is 6.20 Å². The molecule has 0 saturated heterocycles. The van der Waals surface area contributed by atoms with Crippen molar-refractivity contribution < 1.29 is 0 Å². The maximum absolute atomic E-state index is 5.85. The van der Waals surface area contributed by atoms with Crippen molar-refractivity contribution in [1.29, 1.82) is 0 Å². The first kappa shape index (κ1) is 11.4. The number of hydrogen-bond donors (Lipinski definition) is 2. The molecule has 0 atom stereocenters. The molecule has 2 rings (SSSR count). The molecule has 0 spiro atoms. The van der Waals surface area contributed by atoms with E-state index in [9.17, 15) is 0 Å². The van der Waals surface area contributed by atoms with E-state index in [4.69, 9.17) is 5.73 Å². The van der Waals surface area contributed by atoms with E-state index in [0.717, 1.165) is 22.5 Å². The number of benzene rings is 1. The number of aryl methyl sites for hydroxylation is 1. The molecule has 4 heteroatoms. The molecule has 0 aliphatic heterocycles. The number of nitrogen functional groups attached to an aromatic ring is 1. The van der Waals surface area contributed by atoms with Crippen molar-refractivity contribution in [3.63, 3.8) is 0 Å². The Morgan fingerprint density at radius 1 is 1.24 bits per heavy atom. The molecule has 0 unspecified atom stereocenters. The van der Waals surface area contributed by atoms with Crippen LogP contribution in [0.4, 0.5) is 11.6 Å². The Labute approximate surface area is 101 Å². The van der Waals surface area contributed by atoms with Crippen LogP contribution in [0.5, 0.6) is 0 Å². The molecule has 1 aromatic carbocycles. The van der Waals surface area contributed by atoms with Gasteiger partial charge in [-0.2, -0.15) is 0 Å². The van der Waals surface area contributed by atoms with Crippen molar-refractivity contribution in [2.45, 2.75) is 20.4 Å². The number of hydrogen-bond acceptors (Lipinski definition) is 4. The number of nitrogens with two attached hydrogens (primary N) is 1. The number of anilines is 2. The summed E-state index contributed by atoms with van der Waals surface area (Å²) < 4.78 is 0. The van der Waals surface area contributed by atoms with Crippen molar-refractivity contribution in [2.75, 3.05) is 11.1 Å². The zero-order chi connectivity index (χ0) is 12.3. The minimum atomic E-state index is 0.645. The second-order valence-electron chi connectivity index (χ2n) is 4.01. The summed E-state index contributed by atoms with van der Waals surface area (Å²) in [7, 11) is 0. The minimum absolute atomic E-state index is 0.645. The van der Waals surface area contributed by atoms with Crippen molar-refractivity contribution in [2.24, 2.45) is 0 Å². The molecular formula is C13H16N4. The summed E-state index contributed by atoms with van der Waals surface area (Å²) in [6, 6.07) is 7.78. The van der Waals surface area contributed by atoms with E-state index in [0.29, 0.717) is 12.5 Å². The number of nitrogens with zero attached hydrogens (tertiary/aromatic N) is 2. The molecule has 0 saturated carbocycles. The molecule has 0 amide bonds. The predicted octanol–water partition coefficient (Wildman–Crippen LogP) is 2.29. The lowest BCUT2D eigenvalue weighted by Gasteiger charge is -2.09. The maximum atomic E-state index is 5.85. The van der Waals surface area contributed by atoms with Crippen molar-refractivity contribution in [3.05, 3.63) is 47.3 Å². The minimum Gasteiger partial charge on any atom is -0.399 e. The van der Waals surface area contributed by atoms with E-state index in [2.05, 4.69) is 21.4 Å². The highest BCUT2D eigenvalue weighted by atomic mass is 15.1. The zero-order valence-corrected chi connectivity index (χ0v) is 10.1. The van der Waals surface area contributed by atoms with Crippen molar-refractivity contribution >= 4 is 11.6 Å². The molecule has 1 aromatic heterocycles. The Kier molecular flexibility index (Phi) is 3.23. The third kappa shape index (κ3) is 2.72. The van der Waals surface area contributed by atoms with E-state index in [-0.39, 0.29) is 0 Å². The molecule has 0 bridgehead atoms. The summed E-state index contributed by atoms with van der Waals surface area (Å²) in [6.45, 7) is 4.64. The molecule has 1 heterocycles. The van der Waals surface area contributed by atoms with Gasteiger partial charge in [-0.05, 0) is 37.1 Å². The van der Waals surface area contributed by atoms with Gasteiger partial charge in [-0.15, -0.1) is 0 Å². The second kappa shape index (κ2) is 4.82. The molecule has 0 aliphatic carbocycles. The van der Waals surface area contributed by atoms with E-state index >= 15 is 0 Å². The van der Waals surface area contributed by atoms with Gasteiger partial charge < -0.3 is 11.1 Å². The van der Waals surface area contributed by atoms with Gasteiger partial charge >= 0.3 is 0 Å². The van der Waals surface area contributed by atoms with Crippen molar-refractivity contribution in [1.82, 2.24) is 9.97 Å². The first-order valence-electron chi connectivity index (χ1n) is 5.54. The van der Waals surface area contributed by atoms with Gasteiger partial charge in [0.2, 0.25) is 5.95 Å². The van der Waals surface area contributed by atoms with Crippen LogP contribution in [0.15, 0.2) is 30.5 Å². The summed E-state index contributed by atoms with van der Waals surface area (Å²) in [5, 5.41) is 3.19. The van der Waals surface area contributed by atoms with Gasteiger partial charge in [0.05, 0.1) is 0 Å². The van der Waals surface area contributed by atoms with Gasteiger partial charge in [0, 0.05) is 24.1 Å². The van der Waals surface area contributed by atoms with E-state index < -0.39 is 0 Å². The van der Waals surface area contributed by atoms with Gasteiger partial charge in [-0.1, -0.05) is 12.1 Å². The fraction of sp³-hybridized carbons (Fsp3) is 0.231. The van der Waals surface area contributed by atoms with Crippen LogP contribution >= 0.6 is 0 Å². The molecule has 0 radical (unpaired) electrons. The zero-order valence-electron chi connectivity index (χ0n) is 10.1. The van der Waals surface area contributed by atoms with Gasteiger partial charge in [0.25, 0.3) is 0 Å². The Balaban J connectivity index is 2.10. The SMILES string of the molecule is Cc1ccnc(NCc2cccc(N)c2C)n1. The van der Waals surface area contributed by atoms with Crippen LogP contribution in [-0.4, -0.2) is 9.97 Å². The Morgan fingerprint density at radius 3 is 2.82 bits per heavy atom.